The molecule has 1 unspecified atom stereocenters. The van der Waals surface area contributed by atoms with Crippen molar-refractivity contribution in [2.75, 3.05) is 0 Å². The zero-order chi connectivity index (χ0) is 11.5. The van der Waals surface area contributed by atoms with E-state index in [9.17, 15) is 0 Å². The molecule has 1 aromatic carbocycles. The summed E-state index contributed by atoms with van der Waals surface area (Å²) < 4.78 is 4.23. The predicted molar refractivity (Wildman–Crippen MR) is 80.0 cm³/mol. The van der Waals surface area contributed by atoms with E-state index in [1.165, 1.54) is 9.13 Å². The summed E-state index contributed by atoms with van der Waals surface area (Å²) in [5, 5.41) is 3.15. The van der Waals surface area contributed by atoms with Crippen molar-refractivity contribution in [3.63, 3.8) is 0 Å². The quantitative estimate of drug-likeness (QED) is 0.645. The Morgan fingerprint density at radius 2 is 2.31 bits per heavy atom. The zero-order valence-corrected chi connectivity index (χ0v) is 12.5. The number of nitrogens with zero attached hydrogens (tertiary/aromatic N) is 1. The summed E-state index contributed by atoms with van der Waals surface area (Å²) in [7, 11) is 0. The van der Waals surface area contributed by atoms with Crippen molar-refractivity contribution in [2.45, 2.75) is 13.0 Å². The van der Waals surface area contributed by atoms with Crippen LogP contribution in [0, 0.1) is 10.5 Å². The van der Waals surface area contributed by atoms with Crippen LogP contribution in [0.2, 0.25) is 0 Å². The maximum atomic E-state index is 4.49. The van der Waals surface area contributed by atoms with Gasteiger partial charge in [0.2, 0.25) is 0 Å². The number of benzene rings is 1. The lowest BCUT2D eigenvalue weighted by Crippen LogP contribution is -2.13. The molecule has 0 saturated heterocycles. The van der Waals surface area contributed by atoms with E-state index in [-0.39, 0.29) is 6.04 Å². The zero-order valence-electron chi connectivity index (χ0n) is 8.64. The van der Waals surface area contributed by atoms with Gasteiger partial charge in [-0.05, 0) is 47.2 Å². The summed E-state index contributed by atoms with van der Waals surface area (Å²) in [5.74, 6) is 0. The molecule has 1 atom stereocenters. The molecular weight excluding hydrogens is 351 g/mol. The molecule has 5 heteroatoms. The van der Waals surface area contributed by atoms with E-state index < -0.39 is 0 Å². The maximum Gasteiger partial charge on any atom is 0.0898 e. The van der Waals surface area contributed by atoms with Crippen molar-refractivity contribution >= 4 is 46.7 Å². The molecule has 0 fully saturated rings. The Hall–Kier alpha value is -0.110. The van der Waals surface area contributed by atoms with Gasteiger partial charge in [-0.1, -0.05) is 24.9 Å². The largest absolute Gasteiger partial charge is 0.253 e. The van der Waals surface area contributed by atoms with Gasteiger partial charge in [0.1, 0.15) is 0 Å². The highest BCUT2D eigenvalue weighted by molar-refractivity contribution is 14.1. The van der Waals surface area contributed by atoms with Crippen LogP contribution in [0.15, 0.2) is 29.6 Å². The standard InChI is InChI=1S/C11H11IN2S2/c1-7-13-10(6-16-7)11(14-15)8-3-2-4-9(12)5-8/h2-6,11,14-15H,1H3. The van der Waals surface area contributed by atoms with Gasteiger partial charge in [-0.15, -0.1) is 11.3 Å². The van der Waals surface area contributed by atoms with Crippen LogP contribution >= 0.6 is 46.7 Å². The Morgan fingerprint density at radius 3 is 2.88 bits per heavy atom. The van der Waals surface area contributed by atoms with E-state index in [4.69, 9.17) is 0 Å². The fourth-order valence-electron chi connectivity index (χ4n) is 1.51. The Labute approximate surface area is 118 Å². The highest BCUT2D eigenvalue weighted by Gasteiger charge is 2.15. The molecule has 0 aliphatic carbocycles. The van der Waals surface area contributed by atoms with Crippen molar-refractivity contribution in [1.82, 2.24) is 9.71 Å². The third-order valence-electron chi connectivity index (χ3n) is 2.24. The van der Waals surface area contributed by atoms with Gasteiger partial charge in [-0.3, -0.25) is 4.72 Å². The Morgan fingerprint density at radius 1 is 1.50 bits per heavy atom. The highest BCUT2D eigenvalue weighted by atomic mass is 127. The first-order chi connectivity index (χ1) is 7.70. The number of hydrogen-bond donors (Lipinski definition) is 2. The van der Waals surface area contributed by atoms with Gasteiger partial charge in [0.05, 0.1) is 16.7 Å². The molecule has 0 saturated carbocycles. The highest BCUT2D eigenvalue weighted by Crippen LogP contribution is 2.25. The van der Waals surface area contributed by atoms with Gasteiger partial charge in [0, 0.05) is 8.95 Å². The molecule has 16 heavy (non-hydrogen) atoms. The van der Waals surface area contributed by atoms with Crippen LogP contribution in [-0.4, -0.2) is 4.98 Å². The summed E-state index contributed by atoms with van der Waals surface area (Å²) in [6.07, 6.45) is 0. The van der Waals surface area contributed by atoms with Gasteiger partial charge in [0.25, 0.3) is 0 Å². The van der Waals surface area contributed by atoms with Crippen LogP contribution in [-0.2, 0) is 0 Å². The van der Waals surface area contributed by atoms with Crippen LogP contribution in [0.1, 0.15) is 22.3 Å². The number of rotatable bonds is 3. The first-order valence-corrected chi connectivity index (χ1v) is 7.18. The van der Waals surface area contributed by atoms with Crippen molar-refractivity contribution in [1.29, 1.82) is 0 Å². The van der Waals surface area contributed by atoms with Gasteiger partial charge in [-0.2, -0.15) is 0 Å². The van der Waals surface area contributed by atoms with E-state index in [1.807, 2.05) is 6.92 Å². The van der Waals surface area contributed by atoms with E-state index >= 15 is 0 Å². The van der Waals surface area contributed by atoms with Crippen LogP contribution in [0.3, 0.4) is 0 Å². The second-order valence-electron chi connectivity index (χ2n) is 3.41. The number of halogens is 1. The molecule has 0 spiro atoms. The summed E-state index contributed by atoms with van der Waals surface area (Å²) in [6.45, 7) is 2.01. The second-order valence-corrected chi connectivity index (χ2v) is 5.97. The SMILES string of the molecule is Cc1nc(C(NS)c2cccc(I)c2)cs1. The molecule has 0 bridgehead atoms. The molecule has 2 rings (SSSR count). The molecule has 2 nitrogen and oxygen atoms in total. The molecule has 1 aromatic heterocycles. The molecule has 0 aliphatic rings. The van der Waals surface area contributed by atoms with Gasteiger partial charge >= 0.3 is 0 Å². The first kappa shape index (κ1) is 12.3. The third-order valence-corrected chi connectivity index (χ3v) is 3.96. The van der Waals surface area contributed by atoms with Crippen molar-refractivity contribution in [3.8, 4) is 0 Å². The topological polar surface area (TPSA) is 24.9 Å². The average molecular weight is 362 g/mol. The molecular formula is C11H11IN2S2. The summed E-state index contributed by atoms with van der Waals surface area (Å²) in [4.78, 5) is 4.49. The fraction of sp³-hybridized carbons (Fsp3) is 0.182. The minimum Gasteiger partial charge on any atom is -0.253 e. The number of aromatic nitrogens is 1. The van der Waals surface area contributed by atoms with Crippen molar-refractivity contribution in [3.05, 3.63) is 49.5 Å². The van der Waals surface area contributed by atoms with Gasteiger partial charge in [0.15, 0.2) is 0 Å². The van der Waals surface area contributed by atoms with Crippen LogP contribution in [0.25, 0.3) is 0 Å². The summed E-state index contributed by atoms with van der Waals surface area (Å²) in [5.41, 5.74) is 2.21. The summed E-state index contributed by atoms with van der Waals surface area (Å²) >= 11 is 8.16. The number of hydrogen-bond acceptors (Lipinski definition) is 4. The van der Waals surface area contributed by atoms with Crippen LogP contribution < -0.4 is 4.72 Å². The van der Waals surface area contributed by atoms with E-state index in [0.717, 1.165) is 10.7 Å². The molecule has 84 valence electrons. The molecule has 0 amide bonds. The van der Waals surface area contributed by atoms with Crippen LogP contribution in [0.4, 0.5) is 0 Å². The fourth-order valence-corrected chi connectivity index (χ4v) is 3.00. The lowest BCUT2D eigenvalue weighted by molar-refractivity contribution is 0.779. The molecule has 0 radical (unpaired) electrons. The molecule has 1 heterocycles. The predicted octanol–water partition coefficient (Wildman–Crippen LogP) is 3.58. The number of thiol groups is 1. The lowest BCUT2D eigenvalue weighted by atomic mass is 10.1. The summed E-state index contributed by atoms with van der Waals surface area (Å²) in [6, 6.07) is 8.41. The van der Waals surface area contributed by atoms with E-state index in [1.54, 1.807) is 11.3 Å². The first-order valence-electron chi connectivity index (χ1n) is 4.78. The third kappa shape index (κ3) is 2.77. The molecule has 0 aliphatic heterocycles. The average Bonchev–Trinajstić information content (AvgIpc) is 2.66. The van der Waals surface area contributed by atoms with E-state index in [0.29, 0.717) is 0 Å². The normalized spacial score (nSPS) is 12.7. The van der Waals surface area contributed by atoms with Gasteiger partial charge in [-0.25, -0.2) is 4.98 Å². The maximum absolute atomic E-state index is 4.49. The van der Waals surface area contributed by atoms with Crippen LogP contribution in [0.5, 0.6) is 0 Å². The van der Waals surface area contributed by atoms with E-state index in [2.05, 4.69) is 74.8 Å². The van der Waals surface area contributed by atoms with Crippen molar-refractivity contribution < 1.29 is 0 Å². The van der Waals surface area contributed by atoms with Gasteiger partial charge < -0.3 is 0 Å². The Bertz CT molecular complexity index is 484. The number of nitrogens with one attached hydrogen (secondary N) is 1. The Kier molecular flexibility index (Phi) is 4.23. The lowest BCUT2D eigenvalue weighted by Gasteiger charge is -2.13. The minimum atomic E-state index is 0.0583. The molecule has 2 aromatic rings. The monoisotopic (exact) mass is 362 g/mol. The number of aryl methyl sites for hydroxylation is 1. The van der Waals surface area contributed by atoms with Crippen molar-refractivity contribution in [2.24, 2.45) is 0 Å². The second kappa shape index (κ2) is 5.48. The molecule has 1 N–H and O–H groups in total. The smallest absolute Gasteiger partial charge is 0.0898 e. The number of thiazole rings is 1. The minimum absolute atomic E-state index is 0.0583. The Balaban J connectivity index is 2.36.